The Kier molecular flexibility index (Phi) is 9.77. The van der Waals surface area contributed by atoms with Gasteiger partial charge in [-0.25, -0.2) is 9.13 Å². The van der Waals surface area contributed by atoms with Crippen molar-refractivity contribution in [2.45, 2.75) is 52.2 Å². The summed E-state index contributed by atoms with van der Waals surface area (Å²) < 4.78 is 9.66. The molecule has 0 atom stereocenters. The first-order valence-corrected chi connectivity index (χ1v) is 6.41. The van der Waals surface area contributed by atoms with Gasteiger partial charge in [0, 0.05) is 0 Å². The molecule has 0 radical (unpaired) electrons. The average molecular weight is 242 g/mol. The number of rotatable bonds is 9. The molecule has 4 heteroatoms. The van der Waals surface area contributed by atoms with Gasteiger partial charge in [0.15, 0.2) is 6.73 Å². The van der Waals surface area contributed by atoms with Crippen LogP contribution in [0.4, 0.5) is 0 Å². The summed E-state index contributed by atoms with van der Waals surface area (Å²) in [6.45, 7) is 3.81. The maximum Gasteiger partial charge on any atom is 0.245 e. The van der Waals surface area contributed by atoms with Gasteiger partial charge in [-0.3, -0.25) is 0 Å². The summed E-state index contributed by atoms with van der Waals surface area (Å²) in [4.78, 5) is 0. The van der Waals surface area contributed by atoms with Crippen molar-refractivity contribution in [1.82, 2.24) is 4.57 Å². The molecule has 17 heavy (non-hydrogen) atoms. The molecular weight excluding hydrogens is 216 g/mol. The van der Waals surface area contributed by atoms with Crippen LogP contribution in [0, 0.1) is 0 Å². The zero-order valence-electron chi connectivity index (χ0n) is 11.1. The number of ether oxygens (including phenoxy) is 1. The molecule has 0 aliphatic rings. The Balaban J connectivity index is 0.00000256. The van der Waals surface area contributed by atoms with E-state index in [1.165, 1.54) is 38.5 Å². The Morgan fingerprint density at radius 2 is 1.82 bits per heavy atom. The fourth-order valence-electron chi connectivity index (χ4n) is 1.73. The van der Waals surface area contributed by atoms with Crippen LogP contribution in [-0.4, -0.2) is 16.7 Å². The van der Waals surface area contributed by atoms with E-state index < -0.39 is 0 Å². The third kappa shape index (κ3) is 7.94. The molecule has 4 nitrogen and oxygen atoms in total. The molecule has 0 amide bonds. The minimum atomic E-state index is 0. The Morgan fingerprint density at radius 1 is 1.12 bits per heavy atom. The van der Waals surface area contributed by atoms with Crippen molar-refractivity contribution in [2.75, 3.05) is 6.61 Å². The topological polar surface area (TPSA) is 48.0 Å². The molecule has 0 aromatic carbocycles. The van der Waals surface area contributed by atoms with Crippen molar-refractivity contribution in [3.63, 3.8) is 0 Å². The van der Waals surface area contributed by atoms with Crippen LogP contribution in [0.5, 0.6) is 0 Å². The van der Waals surface area contributed by atoms with Crippen LogP contribution in [-0.2, 0) is 18.5 Å². The van der Waals surface area contributed by atoms with Gasteiger partial charge in [-0.05, 0) is 6.42 Å². The monoisotopic (exact) mass is 242 g/mol. The molecule has 0 saturated carbocycles. The van der Waals surface area contributed by atoms with E-state index in [1.54, 1.807) is 0 Å². The molecule has 0 spiro atoms. The first-order valence-electron chi connectivity index (χ1n) is 6.41. The van der Waals surface area contributed by atoms with Gasteiger partial charge in [-0.15, -0.1) is 0 Å². The largest absolute Gasteiger partial charge is 0.870 e. The number of aromatic nitrogens is 2. The first-order chi connectivity index (χ1) is 7.83. The van der Waals surface area contributed by atoms with Crippen LogP contribution in [0.1, 0.15) is 45.4 Å². The number of nitrogens with zero attached hydrogens (tertiary/aromatic N) is 2. The van der Waals surface area contributed by atoms with Crippen LogP contribution >= 0.6 is 0 Å². The van der Waals surface area contributed by atoms with Crippen LogP contribution in [0.2, 0.25) is 0 Å². The molecule has 0 bridgehead atoms. The highest BCUT2D eigenvalue weighted by molar-refractivity contribution is 4.63. The summed E-state index contributed by atoms with van der Waals surface area (Å²) in [6, 6.07) is 0. The average Bonchev–Trinajstić information content (AvgIpc) is 2.68. The molecule has 0 saturated heterocycles. The van der Waals surface area contributed by atoms with E-state index in [0.29, 0.717) is 6.73 Å². The van der Waals surface area contributed by atoms with Gasteiger partial charge in [0.05, 0.1) is 13.7 Å². The smallest absolute Gasteiger partial charge is 0.245 e. The summed E-state index contributed by atoms with van der Waals surface area (Å²) >= 11 is 0. The van der Waals surface area contributed by atoms with Crippen molar-refractivity contribution < 1.29 is 14.8 Å². The first kappa shape index (κ1) is 16.1. The predicted octanol–water partition coefficient (Wildman–Crippen LogP) is 2.47. The minimum absolute atomic E-state index is 0. The molecule has 100 valence electrons. The number of aryl methyl sites for hydroxylation is 1. The number of hydrogen-bond acceptors (Lipinski definition) is 2. The van der Waals surface area contributed by atoms with Gasteiger partial charge in [-0.2, -0.15) is 0 Å². The molecule has 1 N–H and O–H groups in total. The minimum Gasteiger partial charge on any atom is -0.870 e. The van der Waals surface area contributed by atoms with E-state index in [-0.39, 0.29) is 5.48 Å². The summed E-state index contributed by atoms with van der Waals surface area (Å²) in [5.74, 6) is 0. The van der Waals surface area contributed by atoms with Gasteiger partial charge in [0.2, 0.25) is 6.33 Å². The standard InChI is InChI=1S/C13H25N2O.H2O/c1-3-4-5-6-7-8-11-16-13-15-10-9-14(2)12-15;/h9-10,12H,3-8,11,13H2,1-2H3;1H2/q+1;/p-1. The van der Waals surface area contributed by atoms with Gasteiger partial charge in [0.25, 0.3) is 0 Å². The third-order valence-corrected chi connectivity index (χ3v) is 2.71. The summed E-state index contributed by atoms with van der Waals surface area (Å²) in [5.41, 5.74) is 0. The normalized spacial score (nSPS) is 10.2. The van der Waals surface area contributed by atoms with E-state index in [2.05, 4.69) is 11.5 Å². The molecule has 0 unspecified atom stereocenters. The lowest BCUT2D eigenvalue weighted by atomic mass is 10.1. The highest BCUT2D eigenvalue weighted by Gasteiger charge is 1.98. The fraction of sp³-hybridized carbons (Fsp3) is 0.769. The van der Waals surface area contributed by atoms with E-state index in [9.17, 15) is 0 Å². The van der Waals surface area contributed by atoms with Gasteiger partial charge in [-0.1, -0.05) is 39.0 Å². The van der Waals surface area contributed by atoms with Crippen molar-refractivity contribution >= 4 is 0 Å². The number of unbranched alkanes of at least 4 members (excludes halogenated alkanes) is 5. The lowest BCUT2D eigenvalue weighted by Crippen LogP contribution is -2.23. The maximum atomic E-state index is 5.59. The summed E-state index contributed by atoms with van der Waals surface area (Å²) in [6.07, 6.45) is 14.0. The van der Waals surface area contributed by atoms with Gasteiger partial charge < -0.3 is 10.2 Å². The quantitative estimate of drug-likeness (QED) is 0.493. The van der Waals surface area contributed by atoms with Gasteiger partial charge in [0.1, 0.15) is 12.4 Å². The molecule has 1 heterocycles. The van der Waals surface area contributed by atoms with Crippen LogP contribution in [0.15, 0.2) is 18.7 Å². The van der Waals surface area contributed by atoms with Crippen LogP contribution in [0.25, 0.3) is 0 Å². The zero-order valence-corrected chi connectivity index (χ0v) is 11.1. The SMILES string of the molecule is CCCCCCCCOCn1cc[n+](C)c1.[OH-]. The van der Waals surface area contributed by atoms with Gasteiger partial charge >= 0.3 is 0 Å². The van der Waals surface area contributed by atoms with Crippen molar-refractivity contribution in [3.8, 4) is 0 Å². The fourth-order valence-corrected chi connectivity index (χ4v) is 1.73. The molecule has 1 aromatic heterocycles. The van der Waals surface area contributed by atoms with E-state index in [1.807, 2.05) is 30.3 Å². The lowest BCUT2D eigenvalue weighted by Gasteiger charge is -2.01. The Hall–Kier alpha value is -0.870. The Bertz CT molecular complexity index is 274. The number of imidazole rings is 1. The molecule has 0 fully saturated rings. The second-order valence-corrected chi connectivity index (χ2v) is 4.40. The molecule has 1 rings (SSSR count). The highest BCUT2D eigenvalue weighted by Crippen LogP contribution is 2.04. The second kappa shape index (κ2) is 10.3. The van der Waals surface area contributed by atoms with E-state index in [0.717, 1.165) is 6.61 Å². The Morgan fingerprint density at radius 3 is 2.47 bits per heavy atom. The molecular formula is C13H26N2O2. The van der Waals surface area contributed by atoms with E-state index >= 15 is 0 Å². The van der Waals surface area contributed by atoms with Crippen molar-refractivity contribution in [3.05, 3.63) is 18.7 Å². The predicted molar refractivity (Wildman–Crippen MR) is 66.9 cm³/mol. The maximum absolute atomic E-state index is 5.59. The van der Waals surface area contributed by atoms with Crippen molar-refractivity contribution in [1.29, 1.82) is 0 Å². The highest BCUT2D eigenvalue weighted by atomic mass is 16.5. The van der Waals surface area contributed by atoms with Crippen molar-refractivity contribution in [2.24, 2.45) is 7.05 Å². The lowest BCUT2D eigenvalue weighted by molar-refractivity contribution is -0.671. The molecule has 0 aliphatic heterocycles. The summed E-state index contributed by atoms with van der Waals surface area (Å²) in [7, 11) is 2.02. The Labute approximate surface area is 105 Å². The number of hydrogen-bond donors (Lipinski definition) is 0. The second-order valence-electron chi connectivity index (χ2n) is 4.40. The third-order valence-electron chi connectivity index (χ3n) is 2.71. The van der Waals surface area contributed by atoms with Crippen LogP contribution < -0.4 is 4.57 Å². The van der Waals surface area contributed by atoms with Crippen LogP contribution in [0.3, 0.4) is 0 Å². The zero-order chi connectivity index (χ0) is 11.6. The molecule has 0 aliphatic carbocycles. The van der Waals surface area contributed by atoms with E-state index in [4.69, 9.17) is 4.74 Å². The molecule has 1 aromatic rings. The summed E-state index contributed by atoms with van der Waals surface area (Å²) in [5, 5.41) is 0.